The van der Waals surface area contributed by atoms with E-state index in [1.165, 1.54) is 11.6 Å². The molecule has 3 rings (SSSR count). The fraction of sp³-hybridized carbons (Fsp3) is 0.412. The highest BCUT2D eigenvalue weighted by Gasteiger charge is 2.40. The van der Waals surface area contributed by atoms with Crippen LogP contribution in [0.25, 0.3) is 6.08 Å². The molecule has 1 aromatic carbocycles. The van der Waals surface area contributed by atoms with Crippen molar-refractivity contribution in [2.45, 2.75) is 31.3 Å². The predicted molar refractivity (Wildman–Crippen MR) is 84.4 cm³/mol. The highest BCUT2D eigenvalue weighted by Crippen LogP contribution is 2.39. The Balaban J connectivity index is 1.84. The average Bonchev–Trinajstić information content (AvgIpc) is 2.78. The lowest BCUT2D eigenvalue weighted by molar-refractivity contribution is -0.124. The molecule has 23 heavy (non-hydrogen) atoms. The van der Waals surface area contributed by atoms with Crippen LogP contribution in [0.3, 0.4) is 0 Å². The second kappa shape index (κ2) is 6.52. The molecule has 122 valence electrons. The van der Waals surface area contributed by atoms with E-state index in [2.05, 4.69) is 5.32 Å². The summed E-state index contributed by atoms with van der Waals surface area (Å²) in [5, 5.41) is 11.8. The van der Waals surface area contributed by atoms with E-state index >= 15 is 0 Å². The molecule has 6 heteroatoms. The summed E-state index contributed by atoms with van der Waals surface area (Å²) in [7, 11) is 0. The van der Waals surface area contributed by atoms with Crippen molar-refractivity contribution in [2.75, 3.05) is 13.1 Å². The summed E-state index contributed by atoms with van der Waals surface area (Å²) in [6.07, 6.45) is 5.85. The van der Waals surface area contributed by atoms with Crippen molar-refractivity contribution in [3.05, 3.63) is 35.4 Å². The van der Waals surface area contributed by atoms with Gasteiger partial charge < -0.3 is 10.1 Å². The van der Waals surface area contributed by atoms with Gasteiger partial charge in [0.2, 0.25) is 0 Å². The first kappa shape index (κ1) is 15.7. The van der Waals surface area contributed by atoms with Gasteiger partial charge in [-0.05, 0) is 49.7 Å². The lowest BCUT2D eigenvalue weighted by Crippen LogP contribution is -2.42. The third-order valence-electron chi connectivity index (χ3n) is 4.39. The third-order valence-corrected chi connectivity index (χ3v) is 4.39. The van der Waals surface area contributed by atoms with Gasteiger partial charge in [-0.25, -0.2) is 5.48 Å². The van der Waals surface area contributed by atoms with E-state index in [4.69, 9.17) is 9.94 Å². The lowest BCUT2D eigenvalue weighted by atomic mass is 9.84. The number of rotatable bonds is 2. The summed E-state index contributed by atoms with van der Waals surface area (Å²) in [6, 6.07) is 5.30. The first-order valence-electron chi connectivity index (χ1n) is 7.81. The molecule has 1 atom stereocenters. The van der Waals surface area contributed by atoms with E-state index in [9.17, 15) is 9.59 Å². The SMILES string of the molecule is O=C(/C=C/c1ccc2c(c1)C(=O)CC1(CCCNCC1)O2)NO. The lowest BCUT2D eigenvalue weighted by Gasteiger charge is -2.37. The number of nitrogens with one attached hydrogen (secondary N) is 2. The van der Waals surface area contributed by atoms with Crippen LogP contribution >= 0.6 is 0 Å². The zero-order valence-electron chi connectivity index (χ0n) is 12.8. The van der Waals surface area contributed by atoms with Crippen molar-refractivity contribution in [2.24, 2.45) is 0 Å². The van der Waals surface area contributed by atoms with Crippen LogP contribution in [0.15, 0.2) is 24.3 Å². The van der Waals surface area contributed by atoms with Gasteiger partial charge in [-0.15, -0.1) is 0 Å². The molecule has 6 nitrogen and oxygen atoms in total. The zero-order valence-corrected chi connectivity index (χ0v) is 12.8. The second-order valence-electron chi connectivity index (χ2n) is 6.05. The number of hydrogen-bond acceptors (Lipinski definition) is 5. The van der Waals surface area contributed by atoms with E-state index in [1.54, 1.807) is 24.3 Å². The Kier molecular flexibility index (Phi) is 4.45. The highest BCUT2D eigenvalue weighted by molar-refractivity contribution is 6.01. The summed E-state index contributed by atoms with van der Waals surface area (Å²) in [6.45, 7) is 1.82. The van der Waals surface area contributed by atoms with Gasteiger partial charge >= 0.3 is 0 Å². The van der Waals surface area contributed by atoms with Gasteiger partial charge in [-0.1, -0.05) is 6.07 Å². The number of ketones is 1. The quantitative estimate of drug-likeness (QED) is 0.439. The van der Waals surface area contributed by atoms with Gasteiger partial charge in [-0.3, -0.25) is 14.8 Å². The van der Waals surface area contributed by atoms with Crippen LogP contribution in [0.4, 0.5) is 0 Å². The molecule has 3 N–H and O–H groups in total. The smallest absolute Gasteiger partial charge is 0.267 e. The Bertz CT molecular complexity index is 646. The zero-order chi connectivity index (χ0) is 16.3. The van der Waals surface area contributed by atoms with E-state index < -0.39 is 5.91 Å². The molecule has 1 unspecified atom stereocenters. The molecule has 1 aromatic rings. The molecule has 0 saturated carbocycles. The van der Waals surface area contributed by atoms with Crippen LogP contribution < -0.4 is 15.5 Å². The molecule has 1 amide bonds. The molecule has 0 aliphatic carbocycles. The normalized spacial score (nSPS) is 24.1. The van der Waals surface area contributed by atoms with Crippen molar-refractivity contribution >= 4 is 17.8 Å². The maximum absolute atomic E-state index is 12.6. The summed E-state index contributed by atoms with van der Waals surface area (Å²) in [5.41, 5.74) is 2.41. The molecule has 1 spiro atoms. The Labute approximate surface area is 134 Å². The van der Waals surface area contributed by atoms with Crippen molar-refractivity contribution in [3.63, 3.8) is 0 Å². The monoisotopic (exact) mass is 316 g/mol. The van der Waals surface area contributed by atoms with Crippen LogP contribution in [0.1, 0.15) is 41.6 Å². The van der Waals surface area contributed by atoms with Gasteiger partial charge in [0.1, 0.15) is 11.4 Å². The van der Waals surface area contributed by atoms with Crippen LogP contribution in [-0.2, 0) is 4.79 Å². The number of carbonyl (C=O) groups is 2. The Morgan fingerprint density at radius 3 is 3.04 bits per heavy atom. The Morgan fingerprint density at radius 2 is 2.22 bits per heavy atom. The summed E-state index contributed by atoms with van der Waals surface area (Å²) in [5.74, 6) is 0.0807. The van der Waals surface area contributed by atoms with Crippen LogP contribution in [0.5, 0.6) is 5.75 Å². The van der Waals surface area contributed by atoms with Crippen LogP contribution in [0, 0.1) is 0 Å². The molecule has 2 aliphatic rings. The fourth-order valence-corrected chi connectivity index (χ4v) is 3.21. The molecule has 0 radical (unpaired) electrons. The largest absolute Gasteiger partial charge is 0.486 e. The number of hydroxylamine groups is 1. The topological polar surface area (TPSA) is 87.7 Å². The first-order chi connectivity index (χ1) is 11.1. The van der Waals surface area contributed by atoms with Crippen molar-refractivity contribution in [3.8, 4) is 5.75 Å². The molecule has 1 fully saturated rings. The van der Waals surface area contributed by atoms with Crippen LogP contribution in [0.2, 0.25) is 0 Å². The van der Waals surface area contributed by atoms with E-state index in [1.807, 2.05) is 0 Å². The summed E-state index contributed by atoms with van der Waals surface area (Å²) >= 11 is 0. The van der Waals surface area contributed by atoms with Gasteiger partial charge in [0.25, 0.3) is 5.91 Å². The predicted octanol–water partition coefficient (Wildman–Crippen LogP) is 1.68. The molecule has 0 bridgehead atoms. The van der Waals surface area contributed by atoms with Gasteiger partial charge in [0.05, 0.1) is 12.0 Å². The number of amides is 1. The highest BCUT2D eigenvalue weighted by atomic mass is 16.5. The number of ether oxygens (including phenoxy) is 1. The van der Waals surface area contributed by atoms with Crippen molar-refractivity contribution in [1.82, 2.24) is 10.8 Å². The van der Waals surface area contributed by atoms with Crippen molar-refractivity contribution < 1.29 is 19.5 Å². The van der Waals surface area contributed by atoms with Gasteiger partial charge in [0.15, 0.2) is 5.78 Å². The van der Waals surface area contributed by atoms with E-state index in [0.717, 1.165) is 32.4 Å². The number of Topliss-reactive ketones (excluding diaryl/α,β-unsaturated/α-hetero) is 1. The number of benzene rings is 1. The molecule has 2 aliphatic heterocycles. The maximum atomic E-state index is 12.6. The third kappa shape index (κ3) is 3.43. The molecule has 1 saturated heterocycles. The number of carbonyl (C=O) groups excluding carboxylic acids is 2. The van der Waals surface area contributed by atoms with Crippen LogP contribution in [-0.4, -0.2) is 35.6 Å². The molecule has 0 aromatic heterocycles. The first-order valence-corrected chi connectivity index (χ1v) is 7.81. The second-order valence-corrected chi connectivity index (χ2v) is 6.05. The van der Waals surface area contributed by atoms with Gasteiger partial charge in [-0.2, -0.15) is 0 Å². The average molecular weight is 316 g/mol. The number of fused-ring (bicyclic) bond motifs is 1. The maximum Gasteiger partial charge on any atom is 0.267 e. The minimum atomic E-state index is -0.616. The van der Waals surface area contributed by atoms with E-state index in [-0.39, 0.29) is 11.4 Å². The van der Waals surface area contributed by atoms with Crippen molar-refractivity contribution in [1.29, 1.82) is 0 Å². The number of hydrogen-bond donors (Lipinski definition) is 3. The fourth-order valence-electron chi connectivity index (χ4n) is 3.21. The van der Waals surface area contributed by atoms with E-state index in [0.29, 0.717) is 23.3 Å². The van der Waals surface area contributed by atoms with Gasteiger partial charge in [0, 0.05) is 12.5 Å². The molecular formula is C17H20N2O4. The Hall–Kier alpha value is -2.18. The summed E-state index contributed by atoms with van der Waals surface area (Å²) in [4.78, 5) is 23.6. The molecular weight excluding hydrogens is 296 g/mol. The standard InChI is InChI=1S/C17H20N2O4/c20-14-11-17(6-1-8-18-9-7-17)23-15-4-2-12(10-13(14)15)3-5-16(21)19-22/h2-5,10,18,22H,1,6-9,11H2,(H,19,21)/b5-3+. The summed E-state index contributed by atoms with van der Waals surface area (Å²) < 4.78 is 6.21. The minimum Gasteiger partial charge on any atom is -0.486 e. The molecule has 2 heterocycles. The minimum absolute atomic E-state index is 0.0787. The Morgan fingerprint density at radius 1 is 1.35 bits per heavy atom.